The van der Waals surface area contributed by atoms with E-state index in [0.29, 0.717) is 24.3 Å². The monoisotopic (exact) mass is 352 g/mol. The zero-order valence-electron chi connectivity index (χ0n) is 15.0. The second-order valence-electron chi connectivity index (χ2n) is 6.72. The van der Waals surface area contributed by atoms with Crippen LogP contribution in [0.1, 0.15) is 30.5 Å². The van der Waals surface area contributed by atoms with Crippen LogP contribution in [-0.4, -0.2) is 29.4 Å². The van der Waals surface area contributed by atoms with Crippen LogP contribution < -0.4 is 16.4 Å². The predicted molar refractivity (Wildman–Crippen MR) is 103 cm³/mol. The van der Waals surface area contributed by atoms with E-state index in [-0.39, 0.29) is 24.0 Å². The van der Waals surface area contributed by atoms with E-state index in [4.69, 9.17) is 5.73 Å². The Balaban J connectivity index is 1.60. The Kier molecular flexibility index (Phi) is 5.11. The molecule has 6 heteroatoms. The number of likely N-dealkylation sites (tertiary alicyclic amines) is 1. The predicted octanol–water partition coefficient (Wildman–Crippen LogP) is 3.06. The van der Waals surface area contributed by atoms with Crippen LogP contribution >= 0.6 is 0 Å². The molecule has 0 aromatic heterocycles. The Labute approximate surface area is 153 Å². The second-order valence-corrected chi connectivity index (χ2v) is 6.72. The molecule has 6 nitrogen and oxygen atoms in total. The lowest BCUT2D eigenvalue weighted by molar-refractivity contribution is -0.129. The van der Waals surface area contributed by atoms with Crippen molar-refractivity contribution in [2.75, 3.05) is 17.6 Å². The third-order valence-electron chi connectivity index (χ3n) is 4.70. The standard InChI is InChI=1S/C20H24N4O2/c1-13-8-9-17(21)18(10-13)23-20(26)22-16-11-19(25)24(12-16)14(2)15-6-4-3-5-7-15/h3-10,14,16H,11-12,21H2,1-2H3,(H2,22,23,26). The van der Waals surface area contributed by atoms with E-state index in [2.05, 4.69) is 10.6 Å². The van der Waals surface area contributed by atoms with E-state index in [1.54, 1.807) is 11.0 Å². The highest BCUT2D eigenvalue weighted by Gasteiger charge is 2.33. The summed E-state index contributed by atoms with van der Waals surface area (Å²) in [4.78, 5) is 26.5. The Morgan fingerprint density at radius 1 is 1.23 bits per heavy atom. The maximum atomic E-state index is 12.4. The van der Waals surface area contributed by atoms with E-state index < -0.39 is 0 Å². The van der Waals surface area contributed by atoms with Gasteiger partial charge >= 0.3 is 6.03 Å². The summed E-state index contributed by atoms with van der Waals surface area (Å²) in [6.45, 7) is 4.43. The molecule has 0 radical (unpaired) electrons. The van der Waals surface area contributed by atoms with Crippen LogP contribution in [0.15, 0.2) is 48.5 Å². The van der Waals surface area contributed by atoms with Crippen LogP contribution in [0.4, 0.5) is 16.2 Å². The first-order chi connectivity index (χ1) is 12.4. The number of anilines is 2. The number of urea groups is 1. The number of aryl methyl sites for hydroxylation is 1. The fourth-order valence-electron chi connectivity index (χ4n) is 3.24. The summed E-state index contributed by atoms with van der Waals surface area (Å²) >= 11 is 0. The van der Waals surface area contributed by atoms with Crippen molar-refractivity contribution >= 4 is 23.3 Å². The minimum Gasteiger partial charge on any atom is -0.397 e. The van der Waals surface area contributed by atoms with Gasteiger partial charge in [0.15, 0.2) is 0 Å². The first-order valence-electron chi connectivity index (χ1n) is 8.72. The SMILES string of the molecule is Cc1ccc(N)c(NC(=O)NC2CC(=O)N(C(C)c3ccccc3)C2)c1. The van der Waals surface area contributed by atoms with Gasteiger partial charge in [0.25, 0.3) is 0 Å². The van der Waals surface area contributed by atoms with Crippen molar-refractivity contribution in [3.8, 4) is 0 Å². The molecule has 4 N–H and O–H groups in total. The third-order valence-corrected chi connectivity index (χ3v) is 4.70. The second kappa shape index (κ2) is 7.47. The molecule has 2 aromatic carbocycles. The van der Waals surface area contributed by atoms with E-state index in [1.807, 2.05) is 56.3 Å². The van der Waals surface area contributed by atoms with Gasteiger partial charge in [-0.1, -0.05) is 36.4 Å². The lowest BCUT2D eigenvalue weighted by atomic mass is 10.1. The summed E-state index contributed by atoms with van der Waals surface area (Å²) in [7, 11) is 0. The van der Waals surface area contributed by atoms with Gasteiger partial charge < -0.3 is 21.3 Å². The van der Waals surface area contributed by atoms with Crippen molar-refractivity contribution in [3.05, 3.63) is 59.7 Å². The number of hydrogen-bond donors (Lipinski definition) is 3. The minimum atomic E-state index is -0.352. The zero-order chi connectivity index (χ0) is 18.7. The molecule has 1 fully saturated rings. The average molecular weight is 352 g/mol. The number of carbonyl (C=O) groups is 2. The minimum absolute atomic E-state index is 0.0222. The highest BCUT2D eigenvalue weighted by molar-refractivity contribution is 5.93. The van der Waals surface area contributed by atoms with Crippen molar-refractivity contribution < 1.29 is 9.59 Å². The van der Waals surface area contributed by atoms with Crippen molar-refractivity contribution in [2.24, 2.45) is 0 Å². The van der Waals surface area contributed by atoms with Gasteiger partial charge in [0.2, 0.25) is 5.91 Å². The van der Waals surface area contributed by atoms with Crippen LogP contribution in [0.3, 0.4) is 0 Å². The average Bonchev–Trinajstić information content (AvgIpc) is 2.98. The molecule has 1 saturated heterocycles. The van der Waals surface area contributed by atoms with Gasteiger partial charge in [-0.3, -0.25) is 4.79 Å². The lowest BCUT2D eigenvalue weighted by Gasteiger charge is -2.25. The summed E-state index contributed by atoms with van der Waals surface area (Å²) in [5, 5.41) is 5.64. The van der Waals surface area contributed by atoms with Gasteiger partial charge in [-0.25, -0.2) is 4.79 Å². The van der Waals surface area contributed by atoms with Gasteiger partial charge in [0.1, 0.15) is 0 Å². The topological polar surface area (TPSA) is 87.5 Å². The molecule has 1 aliphatic heterocycles. The van der Waals surface area contributed by atoms with Crippen LogP contribution in [0.5, 0.6) is 0 Å². The fourth-order valence-corrected chi connectivity index (χ4v) is 3.24. The molecule has 2 unspecified atom stereocenters. The number of benzene rings is 2. The molecule has 0 spiro atoms. The van der Waals surface area contributed by atoms with Crippen molar-refractivity contribution in [2.45, 2.75) is 32.4 Å². The van der Waals surface area contributed by atoms with Gasteiger partial charge in [0.05, 0.1) is 23.5 Å². The third kappa shape index (κ3) is 3.96. The number of nitrogen functional groups attached to an aromatic ring is 1. The highest BCUT2D eigenvalue weighted by Crippen LogP contribution is 2.26. The number of rotatable bonds is 4. The quantitative estimate of drug-likeness (QED) is 0.739. The number of hydrogen-bond acceptors (Lipinski definition) is 3. The molecule has 1 aliphatic rings. The Bertz CT molecular complexity index is 807. The number of nitrogens with zero attached hydrogens (tertiary/aromatic N) is 1. The smallest absolute Gasteiger partial charge is 0.319 e. The van der Waals surface area contributed by atoms with Crippen molar-refractivity contribution in [3.63, 3.8) is 0 Å². The maximum absolute atomic E-state index is 12.4. The molecule has 136 valence electrons. The maximum Gasteiger partial charge on any atom is 0.319 e. The molecule has 0 bridgehead atoms. The van der Waals surface area contributed by atoms with Gasteiger partial charge in [-0.15, -0.1) is 0 Å². The summed E-state index contributed by atoms with van der Waals surface area (Å²) in [5.74, 6) is 0.0433. The Morgan fingerprint density at radius 2 is 1.96 bits per heavy atom. The number of nitrogens with one attached hydrogen (secondary N) is 2. The molecule has 2 aromatic rings. The molecule has 26 heavy (non-hydrogen) atoms. The zero-order valence-corrected chi connectivity index (χ0v) is 15.0. The molecule has 2 atom stereocenters. The highest BCUT2D eigenvalue weighted by atomic mass is 16.2. The molecular formula is C20H24N4O2. The van der Waals surface area contributed by atoms with Crippen LogP contribution in [0.25, 0.3) is 0 Å². The summed E-state index contributed by atoms with van der Waals surface area (Å²) < 4.78 is 0. The normalized spacial score (nSPS) is 17.8. The van der Waals surface area contributed by atoms with Gasteiger partial charge in [0, 0.05) is 13.0 Å². The molecule has 0 aliphatic carbocycles. The lowest BCUT2D eigenvalue weighted by Crippen LogP contribution is -2.40. The summed E-state index contributed by atoms with van der Waals surface area (Å²) in [6, 6.07) is 14.7. The number of carbonyl (C=O) groups excluding carboxylic acids is 2. The largest absolute Gasteiger partial charge is 0.397 e. The van der Waals surface area contributed by atoms with Crippen LogP contribution in [0, 0.1) is 6.92 Å². The first kappa shape index (κ1) is 17.8. The van der Waals surface area contributed by atoms with Crippen molar-refractivity contribution in [1.29, 1.82) is 0 Å². The molecular weight excluding hydrogens is 328 g/mol. The number of amides is 3. The van der Waals surface area contributed by atoms with Crippen LogP contribution in [0.2, 0.25) is 0 Å². The van der Waals surface area contributed by atoms with E-state index in [1.165, 1.54) is 0 Å². The Hall–Kier alpha value is -3.02. The van der Waals surface area contributed by atoms with E-state index >= 15 is 0 Å². The molecule has 0 saturated carbocycles. The van der Waals surface area contributed by atoms with Crippen LogP contribution in [-0.2, 0) is 4.79 Å². The van der Waals surface area contributed by atoms with E-state index in [0.717, 1.165) is 11.1 Å². The Morgan fingerprint density at radius 3 is 2.69 bits per heavy atom. The van der Waals surface area contributed by atoms with Crippen molar-refractivity contribution in [1.82, 2.24) is 10.2 Å². The number of nitrogens with two attached hydrogens (primary N) is 1. The summed E-state index contributed by atoms with van der Waals surface area (Å²) in [6.07, 6.45) is 0.299. The summed E-state index contributed by atoms with van der Waals surface area (Å²) in [5.41, 5.74) is 9.06. The fraction of sp³-hybridized carbons (Fsp3) is 0.300. The molecule has 3 rings (SSSR count). The van der Waals surface area contributed by atoms with Gasteiger partial charge in [-0.2, -0.15) is 0 Å². The molecule has 3 amide bonds. The van der Waals surface area contributed by atoms with E-state index in [9.17, 15) is 9.59 Å². The van der Waals surface area contributed by atoms with Gasteiger partial charge in [-0.05, 0) is 37.1 Å². The molecule has 1 heterocycles. The first-order valence-corrected chi connectivity index (χ1v) is 8.72.